The minimum absolute atomic E-state index is 0.345. The van der Waals surface area contributed by atoms with Crippen LogP contribution in [0.3, 0.4) is 0 Å². The van der Waals surface area contributed by atoms with Crippen LogP contribution in [-0.4, -0.2) is 11.1 Å². The third-order valence-electron chi connectivity index (χ3n) is 3.49. The zero-order valence-corrected chi connectivity index (χ0v) is 12.3. The zero-order valence-electron chi connectivity index (χ0n) is 12.3. The molecular formula is C16H32O2. The topological polar surface area (TPSA) is 37.3 Å². The van der Waals surface area contributed by atoms with E-state index in [1.165, 1.54) is 70.6 Å². The molecule has 0 aliphatic rings. The van der Waals surface area contributed by atoms with Crippen LogP contribution in [0, 0.1) is 0 Å². The summed E-state index contributed by atoms with van der Waals surface area (Å²) in [5.41, 5.74) is 0. The summed E-state index contributed by atoms with van der Waals surface area (Å²) in [6, 6.07) is 0. The Kier molecular flexibility index (Phi) is 14.1. The SMILES string of the molecule is CCCCCCCCCCCC[13CH2][13CH2][13CH2][13C](=O)O. The van der Waals surface area contributed by atoms with Gasteiger partial charge in [0.1, 0.15) is 0 Å². The van der Waals surface area contributed by atoms with E-state index in [1.54, 1.807) is 0 Å². The molecule has 0 fully saturated rings. The molecule has 0 aromatic heterocycles. The lowest BCUT2D eigenvalue weighted by Gasteiger charge is -2.02. The van der Waals surface area contributed by atoms with E-state index in [9.17, 15) is 4.79 Å². The molecule has 0 unspecified atom stereocenters. The lowest BCUT2D eigenvalue weighted by molar-refractivity contribution is -0.137. The molecule has 108 valence electrons. The molecule has 0 bridgehead atoms. The summed E-state index contributed by atoms with van der Waals surface area (Å²) in [6.07, 6.45) is 17.3. The van der Waals surface area contributed by atoms with Crippen LogP contribution in [0.4, 0.5) is 0 Å². The molecule has 0 saturated carbocycles. The van der Waals surface area contributed by atoms with E-state index in [0.29, 0.717) is 6.42 Å². The van der Waals surface area contributed by atoms with Gasteiger partial charge in [0.2, 0.25) is 0 Å². The van der Waals surface area contributed by atoms with Gasteiger partial charge >= 0.3 is 5.97 Å². The van der Waals surface area contributed by atoms with Crippen molar-refractivity contribution in [3.05, 3.63) is 0 Å². The van der Waals surface area contributed by atoms with Crippen molar-refractivity contribution in [2.45, 2.75) is 96.8 Å². The van der Waals surface area contributed by atoms with Gasteiger partial charge < -0.3 is 5.11 Å². The van der Waals surface area contributed by atoms with Crippen molar-refractivity contribution in [1.29, 1.82) is 0 Å². The molecule has 2 heteroatoms. The molecule has 0 radical (unpaired) electrons. The molecule has 0 atom stereocenters. The highest BCUT2D eigenvalue weighted by molar-refractivity contribution is 5.66. The van der Waals surface area contributed by atoms with Crippen LogP contribution in [0.15, 0.2) is 0 Å². The summed E-state index contributed by atoms with van der Waals surface area (Å²) in [4.78, 5) is 10.3. The average molecular weight is 260 g/mol. The highest BCUT2D eigenvalue weighted by Crippen LogP contribution is 2.12. The highest BCUT2D eigenvalue weighted by atomic mass is 16.5. The zero-order chi connectivity index (χ0) is 13.5. The Bertz CT molecular complexity index is 178. The Hall–Kier alpha value is -0.530. The summed E-state index contributed by atoms with van der Waals surface area (Å²) in [6.45, 7) is 2.26. The van der Waals surface area contributed by atoms with Crippen LogP contribution in [0.1, 0.15) is 96.8 Å². The quantitative estimate of drug-likeness (QED) is 0.328. The molecule has 1 N–H and O–H groups in total. The van der Waals surface area contributed by atoms with Crippen molar-refractivity contribution in [3.8, 4) is 0 Å². The first-order valence-corrected chi connectivity index (χ1v) is 7.99. The predicted molar refractivity (Wildman–Crippen MR) is 77.9 cm³/mol. The molecular weight excluding hydrogens is 228 g/mol. The van der Waals surface area contributed by atoms with Gasteiger partial charge in [-0.15, -0.1) is 0 Å². The Morgan fingerprint density at radius 1 is 0.667 bits per heavy atom. The van der Waals surface area contributed by atoms with Gasteiger partial charge in [-0.25, -0.2) is 0 Å². The smallest absolute Gasteiger partial charge is 0.303 e. The Morgan fingerprint density at radius 2 is 1.00 bits per heavy atom. The standard InChI is InChI=1S/C16H32O2/c1-2-3-4-5-6-7-8-9-10-11-12-13-14-15-16(17)18/h2-15H2,1H3,(H,17,18)/i13+1,14+1,15+1,16+1. The summed E-state index contributed by atoms with van der Waals surface area (Å²) in [5.74, 6) is -0.655. The molecule has 0 spiro atoms. The van der Waals surface area contributed by atoms with Crippen LogP contribution in [-0.2, 0) is 4.79 Å². The molecule has 0 rings (SSSR count). The summed E-state index contributed by atoms with van der Waals surface area (Å²) in [7, 11) is 0. The Morgan fingerprint density at radius 3 is 1.33 bits per heavy atom. The van der Waals surface area contributed by atoms with Crippen LogP contribution < -0.4 is 0 Å². The number of hydrogen-bond acceptors (Lipinski definition) is 1. The minimum Gasteiger partial charge on any atom is -0.481 e. The third kappa shape index (κ3) is 15.5. The number of aliphatic carboxylic acids is 1. The summed E-state index contributed by atoms with van der Waals surface area (Å²) >= 11 is 0. The van der Waals surface area contributed by atoms with E-state index < -0.39 is 5.97 Å². The normalized spacial score (nSPS) is 10.7. The largest absolute Gasteiger partial charge is 0.481 e. The third-order valence-corrected chi connectivity index (χ3v) is 3.49. The van der Waals surface area contributed by atoms with Crippen molar-refractivity contribution in [3.63, 3.8) is 0 Å². The van der Waals surface area contributed by atoms with Gasteiger partial charge in [0.15, 0.2) is 0 Å². The maximum atomic E-state index is 10.3. The van der Waals surface area contributed by atoms with E-state index in [2.05, 4.69) is 6.92 Å². The molecule has 18 heavy (non-hydrogen) atoms. The average Bonchev–Trinajstić information content (AvgIpc) is 2.34. The van der Waals surface area contributed by atoms with Crippen molar-refractivity contribution in [2.24, 2.45) is 0 Å². The van der Waals surface area contributed by atoms with Crippen LogP contribution in [0.2, 0.25) is 0 Å². The van der Waals surface area contributed by atoms with E-state index in [0.717, 1.165) is 12.8 Å². The number of carboxylic acids is 1. The molecule has 0 aliphatic heterocycles. The van der Waals surface area contributed by atoms with Crippen LogP contribution in [0.5, 0.6) is 0 Å². The van der Waals surface area contributed by atoms with Gasteiger partial charge in [-0.05, 0) is 6.42 Å². The lowest BCUT2D eigenvalue weighted by atomic mass is 10.1. The second-order valence-electron chi connectivity index (χ2n) is 5.39. The van der Waals surface area contributed by atoms with Crippen molar-refractivity contribution < 1.29 is 9.90 Å². The maximum Gasteiger partial charge on any atom is 0.303 e. The minimum atomic E-state index is -0.655. The molecule has 0 saturated heterocycles. The number of unbranched alkanes of at least 4 members (excludes halogenated alkanes) is 12. The van der Waals surface area contributed by atoms with Gasteiger partial charge in [0.25, 0.3) is 0 Å². The van der Waals surface area contributed by atoms with E-state index in [4.69, 9.17) is 5.11 Å². The number of carboxylic acid groups (broad SMARTS) is 1. The van der Waals surface area contributed by atoms with Gasteiger partial charge in [-0.1, -0.05) is 84.0 Å². The summed E-state index contributed by atoms with van der Waals surface area (Å²) < 4.78 is 0. The second-order valence-corrected chi connectivity index (χ2v) is 5.39. The highest BCUT2D eigenvalue weighted by Gasteiger charge is 1.96. The Balaban J connectivity index is 2.92. The van der Waals surface area contributed by atoms with Gasteiger partial charge in [0.05, 0.1) is 0 Å². The molecule has 0 aliphatic carbocycles. The second kappa shape index (κ2) is 14.5. The van der Waals surface area contributed by atoms with E-state index >= 15 is 0 Å². The number of hydrogen-bond donors (Lipinski definition) is 1. The van der Waals surface area contributed by atoms with Crippen LogP contribution in [0.25, 0.3) is 0 Å². The van der Waals surface area contributed by atoms with Gasteiger partial charge in [-0.2, -0.15) is 0 Å². The van der Waals surface area contributed by atoms with Crippen molar-refractivity contribution >= 4 is 5.97 Å². The first-order valence-electron chi connectivity index (χ1n) is 7.99. The number of rotatable bonds is 14. The van der Waals surface area contributed by atoms with E-state index in [1.807, 2.05) is 0 Å². The fraction of sp³-hybridized carbons (Fsp3) is 0.938. The number of carbonyl (C=O) groups is 1. The van der Waals surface area contributed by atoms with Crippen LogP contribution >= 0.6 is 0 Å². The van der Waals surface area contributed by atoms with Crippen molar-refractivity contribution in [1.82, 2.24) is 0 Å². The maximum absolute atomic E-state index is 10.3. The van der Waals surface area contributed by atoms with Crippen molar-refractivity contribution in [2.75, 3.05) is 0 Å². The van der Waals surface area contributed by atoms with Gasteiger partial charge in [-0.3, -0.25) is 4.79 Å². The lowest BCUT2D eigenvalue weighted by Crippen LogP contribution is -1.93. The first kappa shape index (κ1) is 17.5. The van der Waals surface area contributed by atoms with E-state index in [-0.39, 0.29) is 0 Å². The summed E-state index contributed by atoms with van der Waals surface area (Å²) in [5, 5.41) is 8.49. The molecule has 0 aromatic carbocycles. The predicted octanol–water partition coefficient (Wildman–Crippen LogP) is 5.55. The fourth-order valence-corrected chi connectivity index (χ4v) is 2.29. The Labute approximate surface area is 113 Å². The first-order chi connectivity index (χ1) is 8.77. The fourth-order valence-electron chi connectivity index (χ4n) is 2.29. The molecule has 0 aromatic rings. The molecule has 0 heterocycles. The molecule has 0 amide bonds. The van der Waals surface area contributed by atoms with Gasteiger partial charge in [0, 0.05) is 6.42 Å². The molecule has 2 nitrogen and oxygen atoms in total. The monoisotopic (exact) mass is 260 g/mol.